The Morgan fingerprint density at radius 3 is 2.93 bits per heavy atom. The summed E-state index contributed by atoms with van der Waals surface area (Å²) in [5, 5.41) is 5.64. The monoisotopic (exact) mass is 200 g/mol. The summed E-state index contributed by atoms with van der Waals surface area (Å²) >= 11 is 0. The third-order valence-electron chi connectivity index (χ3n) is 2.14. The topological polar surface area (TPSA) is 67.4 Å². The second-order valence-electron chi connectivity index (χ2n) is 3.21. The van der Waals surface area contributed by atoms with Gasteiger partial charge in [-0.3, -0.25) is 9.59 Å². The summed E-state index contributed by atoms with van der Waals surface area (Å²) in [7, 11) is 0. The zero-order chi connectivity index (χ0) is 10.4. The normalized spacial score (nSPS) is 20.5. The molecule has 0 unspecified atom stereocenters. The van der Waals surface area contributed by atoms with Gasteiger partial charge in [0, 0.05) is 6.54 Å². The maximum absolute atomic E-state index is 11.4. The lowest BCUT2D eigenvalue weighted by Gasteiger charge is -2.08. The lowest BCUT2D eigenvalue weighted by molar-refractivity contribution is -0.143. The van der Waals surface area contributed by atoms with Crippen LogP contribution in [0.2, 0.25) is 0 Å². The minimum absolute atomic E-state index is 0.00410. The number of hydrogen-bond donors (Lipinski definition) is 2. The summed E-state index contributed by atoms with van der Waals surface area (Å²) in [5.41, 5.74) is 0. The maximum Gasteiger partial charge on any atom is 0.325 e. The Morgan fingerprint density at radius 2 is 2.36 bits per heavy atom. The highest BCUT2D eigenvalue weighted by atomic mass is 16.5. The first-order chi connectivity index (χ1) is 6.74. The largest absolute Gasteiger partial charge is 0.465 e. The number of carbonyl (C=O) groups excluding carboxylic acids is 2. The number of ether oxygens (including phenoxy) is 1. The van der Waals surface area contributed by atoms with Gasteiger partial charge in [0.15, 0.2) is 0 Å². The molecule has 0 bridgehead atoms. The molecule has 1 saturated heterocycles. The molecule has 0 saturated carbocycles. The maximum atomic E-state index is 11.4. The molecule has 1 aliphatic rings. The van der Waals surface area contributed by atoms with Gasteiger partial charge < -0.3 is 15.4 Å². The zero-order valence-corrected chi connectivity index (χ0v) is 8.34. The van der Waals surface area contributed by atoms with Gasteiger partial charge in [-0.2, -0.15) is 0 Å². The molecule has 0 aliphatic carbocycles. The number of esters is 1. The van der Waals surface area contributed by atoms with Crippen molar-refractivity contribution in [3.05, 3.63) is 0 Å². The van der Waals surface area contributed by atoms with Crippen molar-refractivity contribution in [3.8, 4) is 0 Å². The van der Waals surface area contributed by atoms with Crippen LogP contribution >= 0.6 is 0 Å². The fraction of sp³-hybridized carbons (Fsp3) is 0.778. The molecule has 1 atom stereocenters. The Balaban J connectivity index is 2.17. The average molecular weight is 200 g/mol. The quantitative estimate of drug-likeness (QED) is 0.587. The van der Waals surface area contributed by atoms with Crippen molar-refractivity contribution in [2.75, 3.05) is 26.2 Å². The van der Waals surface area contributed by atoms with Crippen LogP contribution in [0.5, 0.6) is 0 Å². The molecule has 0 aromatic carbocycles. The third-order valence-corrected chi connectivity index (χ3v) is 2.14. The van der Waals surface area contributed by atoms with E-state index in [4.69, 9.17) is 0 Å². The van der Waals surface area contributed by atoms with Gasteiger partial charge in [-0.15, -0.1) is 0 Å². The van der Waals surface area contributed by atoms with Crippen LogP contribution in [0.4, 0.5) is 0 Å². The molecule has 0 spiro atoms. The first-order valence-corrected chi connectivity index (χ1v) is 4.88. The fourth-order valence-electron chi connectivity index (χ4n) is 1.39. The molecule has 1 aliphatic heterocycles. The van der Waals surface area contributed by atoms with Crippen LogP contribution in [-0.2, 0) is 14.3 Å². The molecule has 80 valence electrons. The van der Waals surface area contributed by atoms with Gasteiger partial charge >= 0.3 is 5.97 Å². The summed E-state index contributed by atoms with van der Waals surface area (Å²) in [5.74, 6) is -0.445. The molecule has 1 rings (SSSR count). The summed E-state index contributed by atoms with van der Waals surface area (Å²) in [6.07, 6.45) is 0.842. The molecule has 0 aromatic rings. The lowest BCUT2D eigenvalue weighted by Crippen LogP contribution is -2.36. The predicted molar refractivity (Wildman–Crippen MR) is 50.6 cm³/mol. The van der Waals surface area contributed by atoms with Gasteiger partial charge in [-0.1, -0.05) is 0 Å². The van der Waals surface area contributed by atoms with Gasteiger partial charge in [0.25, 0.3) is 0 Å². The van der Waals surface area contributed by atoms with E-state index < -0.39 is 0 Å². The van der Waals surface area contributed by atoms with Crippen molar-refractivity contribution < 1.29 is 14.3 Å². The van der Waals surface area contributed by atoms with E-state index in [0.717, 1.165) is 13.0 Å². The predicted octanol–water partition coefficient (Wildman–Crippen LogP) is -0.725. The molecule has 5 nitrogen and oxygen atoms in total. The summed E-state index contributed by atoms with van der Waals surface area (Å²) < 4.78 is 4.69. The van der Waals surface area contributed by atoms with Gasteiger partial charge in [0.1, 0.15) is 6.54 Å². The highest BCUT2D eigenvalue weighted by Gasteiger charge is 2.22. The van der Waals surface area contributed by atoms with Crippen LogP contribution < -0.4 is 10.6 Å². The number of amides is 1. The van der Waals surface area contributed by atoms with Gasteiger partial charge in [-0.05, 0) is 19.9 Å². The molecule has 2 N–H and O–H groups in total. The van der Waals surface area contributed by atoms with Gasteiger partial charge in [0.05, 0.1) is 12.5 Å². The Hall–Kier alpha value is -1.10. The first kappa shape index (κ1) is 11.0. The molecule has 1 amide bonds. The van der Waals surface area contributed by atoms with Crippen molar-refractivity contribution >= 4 is 11.9 Å². The minimum atomic E-state index is -0.383. The second-order valence-corrected chi connectivity index (χ2v) is 3.21. The van der Waals surface area contributed by atoms with Crippen molar-refractivity contribution in [2.45, 2.75) is 13.3 Å². The lowest BCUT2D eigenvalue weighted by atomic mass is 10.1. The van der Waals surface area contributed by atoms with E-state index in [1.165, 1.54) is 0 Å². The van der Waals surface area contributed by atoms with Gasteiger partial charge in [-0.25, -0.2) is 0 Å². The molecule has 5 heteroatoms. The highest BCUT2D eigenvalue weighted by Crippen LogP contribution is 2.06. The van der Waals surface area contributed by atoms with E-state index >= 15 is 0 Å². The Kier molecular flexibility index (Phi) is 4.39. The average Bonchev–Trinajstić information content (AvgIpc) is 2.67. The molecular formula is C9H16N2O3. The van der Waals surface area contributed by atoms with Crippen molar-refractivity contribution in [1.82, 2.24) is 10.6 Å². The molecule has 1 fully saturated rings. The van der Waals surface area contributed by atoms with Crippen molar-refractivity contribution in [3.63, 3.8) is 0 Å². The first-order valence-electron chi connectivity index (χ1n) is 4.88. The SMILES string of the molecule is CCOC(=O)CNC(=O)[C@@H]1CCNC1. The smallest absolute Gasteiger partial charge is 0.325 e. The highest BCUT2D eigenvalue weighted by molar-refractivity contribution is 5.83. The Labute approximate surface area is 83.2 Å². The van der Waals surface area contributed by atoms with Crippen LogP contribution in [-0.4, -0.2) is 38.1 Å². The number of hydrogen-bond acceptors (Lipinski definition) is 4. The molecule has 0 radical (unpaired) electrons. The van der Waals surface area contributed by atoms with Crippen molar-refractivity contribution in [1.29, 1.82) is 0 Å². The van der Waals surface area contributed by atoms with Crippen molar-refractivity contribution in [2.24, 2.45) is 5.92 Å². The Morgan fingerprint density at radius 1 is 1.57 bits per heavy atom. The standard InChI is InChI=1S/C9H16N2O3/c1-2-14-8(12)6-11-9(13)7-3-4-10-5-7/h7,10H,2-6H2,1H3,(H,11,13)/t7-/m1/s1. The Bertz CT molecular complexity index is 212. The van der Waals surface area contributed by atoms with E-state index in [1.807, 2.05) is 0 Å². The van der Waals surface area contributed by atoms with E-state index in [9.17, 15) is 9.59 Å². The van der Waals surface area contributed by atoms with Crippen LogP contribution in [0.25, 0.3) is 0 Å². The summed E-state index contributed by atoms with van der Waals surface area (Å²) in [4.78, 5) is 22.3. The van der Waals surface area contributed by atoms with Crippen LogP contribution in [0.15, 0.2) is 0 Å². The van der Waals surface area contributed by atoms with E-state index in [2.05, 4.69) is 15.4 Å². The van der Waals surface area contributed by atoms with Crippen LogP contribution in [0.1, 0.15) is 13.3 Å². The van der Waals surface area contributed by atoms with Gasteiger partial charge in [0.2, 0.25) is 5.91 Å². The third kappa shape index (κ3) is 3.33. The van der Waals surface area contributed by atoms with Crippen LogP contribution in [0.3, 0.4) is 0 Å². The number of carbonyl (C=O) groups is 2. The number of rotatable bonds is 4. The molecule has 14 heavy (non-hydrogen) atoms. The molecular weight excluding hydrogens is 184 g/mol. The number of nitrogens with one attached hydrogen (secondary N) is 2. The summed E-state index contributed by atoms with van der Waals surface area (Å²) in [6.45, 7) is 3.63. The van der Waals surface area contributed by atoms with E-state index in [-0.39, 0.29) is 24.3 Å². The minimum Gasteiger partial charge on any atom is -0.465 e. The zero-order valence-electron chi connectivity index (χ0n) is 8.34. The summed E-state index contributed by atoms with van der Waals surface area (Å²) in [6, 6.07) is 0. The molecule has 1 heterocycles. The fourth-order valence-corrected chi connectivity index (χ4v) is 1.39. The van der Waals surface area contributed by atoms with E-state index in [1.54, 1.807) is 6.92 Å². The van der Waals surface area contributed by atoms with E-state index in [0.29, 0.717) is 13.2 Å². The molecule has 0 aromatic heterocycles. The van der Waals surface area contributed by atoms with Crippen LogP contribution in [0, 0.1) is 5.92 Å². The second kappa shape index (κ2) is 5.59.